The number of phenolic OH excluding ortho intramolecular Hbond substituents is 1. The minimum Gasteiger partial charge on any atom is -0.508 e. The van der Waals surface area contributed by atoms with E-state index in [1.165, 1.54) is 12.8 Å². The molecule has 0 spiro atoms. The molecule has 4 nitrogen and oxygen atoms in total. The highest BCUT2D eigenvalue weighted by molar-refractivity contribution is 5.39. The summed E-state index contributed by atoms with van der Waals surface area (Å²) in [5.74, 6) is 1.10. The van der Waals surface area contributed by atoms with Crippen LogP contribution < -0.4 is 4.74 Å². The summed E-state index contributed by atoms with van der Waals surface area (Å²) in [5, 5.41) is 18.9. The number of aromatic hydroxyl groups is 1. The van der Waals surface area contributed by atoms with E-state index in [2.05, 4.69) is 4.90 Å². The topological polar surface area (TPSA) is 52.9 Å². The van der Waals surface area contributed by atoms with Gasteiger partial charge in [-0.2, -0.15) is 0 Å². The van der Waals surface area contributed by atoms with Crippen LogP contribution in [0.2, 0.25) is 0 Å². The first-order valence-electron chi connectivity index (χ1n) is 6.95. The lowest BCUT2D eigenvalue weighted by Crippen LogP contribution is -2.29. The van der Waals surface area contributed by atoms with Gasteiger partial charge in [-0.3, -0.25) is 4.90 Å². The van der Waals surface area contributed by atoms with Crippen LogP contribution in [0.5, 0.6) is 11.5 Å². The van der Waals surface area contributed by atoms with E-state index in [4.69, 9.17) is 9.84 Å². The second kappa shape index (κ2) is 6.78. The third-order valence-corrected chi connectivity index (χ3v) is 3.85. The molecule has 1 unspecified atom stereocenters. The Balaban J connectivity index is 2.03. The minimum atomic E-state index is 0.259. The number of phenols is 1. The Kier molecular flexibility index (Phi) is 5.05. The maximum atomic E-state index is 9.93. The lowest BCUT2D eigenvalue weighted by atomic mass is 10.1. The van der Waals surface area contributed by atoms with Gasteiger partial charge in [0.05, 0.1) is 7.11 Å². The molecule has 1 aliphatic rings. The molecular weight excluding hydrogens is 242 g/mol. The van der Waals surface area contributed by atoms with Crippen LogP contribution in [-0.2, 0) is 6.54 Å². The summed E-state index contributed by atoms with van der Waals surface area (Å²) in [6.45, 7) is 2.07. The van der Waals surface area contributed by atoms with Gasteiger partial charge in [0.15, 0.2) is 0 Å². The van der Waals surface area contributed by atoms with E-state index in [-0.39, 0.29) is 6.61 Å². The van der Waals surface area contributed by atoms with Gasteiger partial charge in [-0.25, -0.2) is 0 Å². The molecule has 1 aromatic carbocycles. The summed E-state index contributed by atoms with van der Waals surface area (Å²) in [6, 6.07) is 5.88. The molecule has 0 aromatic heterocycles. The third kappa shape index (κ3) is 3.61. The highest BCUT2D eigenvalue weighted by Gasteiger charge is 2.24. The standard InChI is InChI=1S/C15H23NO3/c1-19-14-6-7-15(18)12(10-14)11-16-8-2-4-13(16)5-3-9-17/h6-7,10,13,17-18H,2-5,8-9,11H2,1H3. The van der Waals surface area contributed by atoms with Crippen LogP contribution in [0.1, 0.15) is 31.2 Å². The number of benzene rings is 1. The van der Waals surface area contributed by atoms with E-state index in [0.717, 1.165) is 37.2 Å². The SMILES string of the molecule is COc1ccc(O)c(CN2CCCC2CCCO)c1. The average molecular weight is 265 g/mol. The van der Waals surface area contributed by atoms with Crippen molar-refractivity contribution in [2.45, 2.75) is 38.3 Å². The maximum Gasteiger partial charge on any atom is 0.120 e. The Morgan fingerprint density at radius 2 is 2.26 bits per heavy atom. The fourth-order valence-electron chi connectivity index (χ4n) is 2.79. The van der Waals surface area contributed by atoms with Crippen LogP contribution in [0.3, 0.4) is 0 Å². The van der Waals surface area contributed by atoms with Gasteiger partial charge in [-0.1, -0.05) is 0 Å². The Labute approximate surface area is 114 Å². The van der Waals surface area contributed by atoms with Crippen LogP contribution in [0, 0.1) is 0 Å². The molecule has 1 fully saturated rings. The van der Waals surface area contributed by atoms with Gasteiger partial charge in [0.1, 0.15) is 11.5 Å². The molecule has 0 radical (unpaired) electrons. The molecule has 19 heavy (non-hydrogen) atoms. The molecule has 0 amide bonds. The van der Waals surface area contributed by atoms with Crippen LogP contribution in [0.4, 0.5) is 0 Å². The molecule has 2 rings (SSSR count). The van der Waals surface area contributed by atoms with Crippen LogP contribution in [-0.4, -0.2) is 41.4 Å². The number of aliphatic hydroxyl groups excluding tert-OH is 1. The molecule has 1 aromatic rings. The Hall–Kier alpha value is -1.26. The first-order chi connectivity index (χ1) is 9.24. The van der Waals surface area contributed by atoms with E-state index in [1.807, 2.05) is 6.07 Å². The molecule has 1 aliphatic heterocycles. The Morgan fingerprint density at radius 1 is 1.42 bits per heavy atom. The zero-order valence-electron chi connectivity index (χ0n) is 11.5. The predicted octanol–water partition coefficient (Wildman–Crippen LogP) is 2.14. The zero-order valence-corrected chi connectivity index (χ0v) is 11.5. The molecule has 2 N–H and O–H groups in total. The van der Waals surface area contributed by atoms with E-state index >= 15 is 0 Å². The molecule has 1 saturated heterocycles. The van der Waals surface area contributed by atoms with Crippen molar-refractivity contribution in [2.24, 2.45) is 0 Å². The van der Waals surface area contributed by atoms with Gasteiger partial charge >= 0.3 is 0 Å². The molecule has 0 saturated carbocycles. The normalized spacial score (nSPS) is 19.8. The van der Waals surface area contributed by atoms with Gasteiger partial charge in [-0.05, 0) is 50.4 Å². The third-order valence-electron chi connectivity index (χ3n) is 3.85. The van der Waals surface area contributed by atoms with Gasteiger partial charge < -0.3 is 14.9 Å². The van der Waals surface area contributed by atoms with Crippen molar-refractivity contribution < 1.29 is 14.9 Å². The highest BCUT2D eigenvalue weighted by atomic mass is 16.5. The molecule has 0 aliphatic carbocycles. The van der Waals surface area contributed by atoms with E-state index in [0.29, 0.717) is 11.8 Å². The fourth-order valence-corrected chi connectivity index (χ4v) is 2.79. The number of rotatable bonds is 6. The lowest BCUT2D eigenvalue weighted by molar-refractivity contribution is 0.208. The smallest absolute Gasteiger partial charge is 0.120 e. The summed E-state index contributed by atoms with van der Waals surface area (Å²) in [4.78, 5) is 2.39. The number of hydrogen-bond acceptors (Lipinski definition) is 4. The molecular formula is C15H23NO3. The molecule has 1 heterocycles. The van der Waals surface area contributed by atoms with Crippen molar-refractivity contribution >= 4 is 0 Å². The largest absolute Gasteiger partial charge is 0.508 e. The van der Waals surface area contributed by atoms with Crippen molar-refractivity contribution in [2.75, 3.05) is 20.3 Å². The van der Waals surface area contributed by atoms with Crippen LogP contribution in [0.25, 0.3) is 0 Å². The molecule has 4 heteroatoms. The lowest BCUT2D eigenvalue weighted by Gasteiger charge is -2.24. The van der Waals surface area contributed by atoms with Crippen LogP contribution >= 0.6 is 0 Å². The quantitative estimate of drug-likeness (QED) is 0.827. The highest BCUT2D eigenvalue weighted by Crippen LogP contribution is 2.28. The second-order valence-corrected chi connectivity index (χ2v) is 5.13. The van der Waals surface area contributed by atoms with Crippen molar-refractivity contribution in [1.29, 1.82) is 0 Å². The monoisotopic (exact) mass is 265 g/mol. The van der Waals surface area contributed by atoms with Gasteiger partial charge in [0, 0.05) is 24.8 Å². The number of methoxy groups -OCH3 is 1. The zero-order chi connectivity index (χ0) is 13.7. The first kappa shape index (κ1) is 14.2. The van der Waals surface area contributed by atoms with Gasteiger partial charge in [0.2, 0.25) is 0 Å². The number of ether oxygens (including phenoxy) is 1. The predicted molar refractivity (Wildman–Crippen MR) is 74.4 cm³/mol. The second-order valence-electron chi connectivity index (χ2n) is 5.13. The van der Waals surface area contributed by atoms with E-state index < -0.39 is 0 Å². The van der Waals surface area contributed by atoms with E-state index in [1.54, 1.807) is 19.2 Å². The summed E-state index contributed by atoms with van der Waals surface area (Å²) in [7, 11) is 1.63. The van der Waals surface area contributed by atoms with Gasteiger partial charge in [-0.15, -0.1) is 0 Å². The summed E-state index contributed by atoms with van der Waals surface area (Å²) < 4.78 is 5.20. The number of likely N-dealkylation sites (tertiary alicyclic amines) is 1. The summed E-state index contributed by atoms with van der Waals surface area (Å²) in [5.41, 5.74) is 0.912. The van der Waals surface area contributed by atoms with Crippen molar-refractivity contribution in [3.05, 3.63) is 23.8 Å². The summed E-state index contributed by atoms with van der Waals surface area (Å²) in [6.07, 6.45) is 4.26. The molecule has 106 valence electrons. The number of hydrogen-bond donors (Lipinski definition) is 2. The molecule has 1 atom stereocenters. The number of aliphatic hydroxyl groups is 1. The fraction of sp³-hybridized carbons (Fsp3) is 0.600. The van der Waals surface area contributed by atoms with E-state index in [9.17, 15) is 5.11 Å². The van der Waals surface area contributed by atoms with Gasteiger partial charge in [0.25, 0.3) is 0 Å². The maximum absolute atomic E-state index is 9.93. The Bertz CT molecular complexity index is 408. The average Bonchev–Trinajstić information content (AvgIpc) is 2.86. The molecule has 0 bridgehead atoms. The van der Waals surface area contributed by atoms with Crippen molar-refractivity contribution in [3.63, 3.8) is 0 Å². The van der Waals surface area contributed by atoms with Crippen molar-refractivity contribution in [1.82, 2.24) is 4.90 Å². The van der Waals surface area contributed by atoms with Crippen LogP contribution in [0.15, 0.2) is 18.2 Å². The summed E-state index contributed by atoms with van der Waals surface area (Å²) >= 11 is 0. The first-order valence-corrected chi connectivity index (χ1v) is 6.95. The number of nitrogens with zero attached hydrogens (tertiary/aromatic N) is 1. The van der Waals surface area contributed by atoms with Crippen molar-refractivity contribution in [3.8, 4) is 11.5 Å². The Morgan fingerprint density at radius 3 is 3.00 bits per heavy atom. The minimum absolute atomic E-state index is 0.259.